The highest BCUT2D eigenvalue weighted by Crippen LogP contribution is 2.34. The van der Waals surface area contributed by atoms with Crippen LogP contribution >= 0.6 is 0 Å². The van der Waals surface area contributed by atoms with E-state index in [9.17, 15) is 10.2 Å². The molecule has 0 spiro atoms. The maximum atomic E-state index is 9.85. The average Bonchev–Trinajstić information content (AvgIpc) is 3.08. The number of hydrogen-bond donors (Lipinski definition) is 2. The Hall–Kier alpha value is -2.40. The van der Waals surface area contributed by atoms with Gasteiger partial charge in [0.15, 0.2) is 23.0 Å². The molecule has 0 saturated heterocycles. The molecule has 2 aromatic rings. The number of phenols is 1. The summed E-state index contributed by atoms with van der Waals surface area (Å²) >= 11 is 0. The molecule has 2 atom stereocenters. The van der Waals surface area contributed by atoms with Crippen LogP contribution in [0, 0.1) is 11.8 Å². The predicted molar refractivity (Wildman–Crippen MR) is 94.4 cm³/mol. The molecule has 0 unspecified atom stereocenters. The third-order valence-corrected chi connectivity index (χ3v) is 4.78. The molecule has 0 radical (unpaired) electrons. The highest BCUT2D eigenvalue weighted by molar-refractivity contribution is 5.44. The number of ether oxygens (including phenoxy) is 3. The molecule has 1 aliphatic heterocycles. The second-order valence-corrected chi connectivity index (χ2v) is 6.52. The number of aliphatic hydroxyl groups excluding tert-OH is 1. The maximum Gasteiger partial charge on any atom is 0.231 e. The molecule has 0 aliphatic carbocycles. The molecule has 0 fully saturated rings. The predicted octanol–water partition coefficient (Wildman–Crippen LogP) is 3.16. The highest BCUT2D eigenvalue weighted by atomic mass is 16.7. The first-order valence-corrected chi connectivity index (χ1v) is 8.46. The standard InChI is InChI=1S/C20H24O5/c1-13(7-14-3-5-17(22)19(9-14)23-2)16(11-21)8-15-4-6-18-20(10-15)25-12-24-18/h3-6,9-10,13,16,21-22H,7-8,11-12H2,1-2H3/t13-,16-/m0/s1. The fraction of sp³-hybridized carbons (Fsp3) is 0.400. The van der Waals surface area contributed by atoms with Crippen molar-refractivity contribution in [3.05, 3.63) is 47.5 Å². The number of fused-ring (bicyclic) bond motifs is 1. The van der Waals surface area contributed by atoms with E-state index in [1.165, 1.54) is 0 Å². The summed E-state index contributed by atoms with van der Waals surface area (Å²) in [5.74, 6) is 2.54. The van der Waals surface area contributed by atoms with E-state index >= 15 is 0 Å². The minimum Gasteiger partial charge on any atom is -0.504 e. The molecule has 2 N–H and O–H groups in total. The third kappa shape index (κ3) is 3.99. The van der Waals surface area contributed by atoms with Gasteiger partial charge in [-0.2, -0.15) is 0 Å². The van der Waals surface area contributed by atoms with Gasteiger partial charge in [0.1, 0.15) is 0 Å². The van der Waals surface area contributed by atoms with Crippen molar-refractivity contribution in [1.82, 2.24) is 0 Å². The van der Waals surface area contributed by atoms with E-state index in [-0.39, 0.29) is 31.0 Å². The molecule has 5 nitrogen and oxygen atoms in total. The van der Waals surface area contributed by atoms with Gasteiger partial charge in [-0.05, 0) is 60.1 Å². The Morgan fingerprint density at radius 2 is 1.76 bits per heavy atom. The van der Waals surface area contributed by atoms with Gasteiger partial charge in [-0.25, -0.2) is 0 Å². The molecule has 3 rings (SSSR count). The molecule has 0 saturated carbocycles. The largest absolute Gasteiger partial charge is 0.504 e. The number of hydrogen-bond acceptors (Lipinski definition) is 5. The lowest BCUT2D eigenvalue weighted by atomic mass is 9.84. The summed E-state index contributed by atoms with van der Waals surface area (Å²) in [6.45, 7) is 2.51. The first kappa shape index (κ1) is 17.4. The summed E-state index contributed by atoms with van der Waals surface area (Å²) in [5.41, 5.74) is 2.20. The minimum atomic E-state index is 0.116. The minimum absolute atomic E-state index is 0.116. The van der Waals surface area contributed by atoms with E-state index in [0.717, 1.165) is 35.5 Å². The topological polar surface area (TPSA) is 68.2 Å². The van der Waals surface area contributed by atoms with E-state index in [1.54, 1.807) is 13.2 Å². The number of rotatable bonds is 7. The van der Waals surface area contributed by atoms with Crippen LogP contribution in [0.25, 0.3) is 0 Å². The van der Waals surface area contributed by atoms with Gasteiger partial charge in [-0.3, -0.25) is 0 Å². The molecule has 0 bridgehead atoms. The third-order valence-electron chi connectivity index (χ3n) is 4.78. The number of methoxy groups -OCH3 is 1. The SMILES string of the molecule is COc1cc(C[C@H](C)[C@H](CO)Cc2ccc3c(c2)OCO3)ccc1O. The molecule has 25 heavy (non-hydrogen) atoms. The molecule has 1 heterocycles. The lowest BCUT2D eigenvalue weighted by molar-refractivity contribution is 0.173. The maximum absolute atomic E-state index is 9.85. The Labute approximate surface area is 147 Å². The Kier molecular flexibility index (Phi) is 5.34. The van der Waals surface area contributed by atoms with Gasteiger partial charge in [-0.1, -0.05) is 19.1 Å². The summed E-state index contributed by atoms with van der Waals surface area (Å²) < 4.78 is 15.9. The normalized spacial score (nSPS) is 15.0. The van der Waals surface area contributed by atoms with E-state index in [4.69, 9.17) is 14.2 Å². The van der Waals surface area contributed by atoms with Crippen LogP contribution in [0.2, 0.25) is 0 Å². The smallest absolute Gasteiger partial charge is 0.231 e. The van der Waals surface area contributed by atoms with Crippen LogP contribution < -0.4 is 14.2 Å². The van der Waals surface area contributed by atoms with Crippen LogP contribution in [0.4, 0.5) is 0 Å². The first-order chi connectivity index (χ1) is 12.1. The lowest BCUT2D eigenvalue weighted by Crippen LogP contribution is -2.20. The summed E-state index contributed by atoms with van der Waals surface area (Å²) in [6, 6.07) is 11.3. The van der Waals surface area contributed by atoms with Crippen LogP contribution in [0.1, 0.15) is 18.1 Å². The van der Waals surface area contributed by atoms with Crippen molar-refractivity contribution in [3.63, 3.8) is 0 Å². The van der Waals surface area contributed by atoms with Crippen molar-refractivity contribution >= 4 is 0 Å². The molecule has 1 aliphatic rings. The zero-order chi connectivity index (χ0) is 17.8. The molecule has 134 valence electrons. The van der Waals surface area contributed by atoms with Crippen molar-refractivity contribution in [2.24, 2.45) is 11.8 Å². The van der Waals surface area contributed by atoms with Gasteiger partial charge >= 0.3 is 0 Å². The Bertz CT molecular complexity index is 728. The van der Waals surface area contributed by atoms with Crippen LogP contribution in [-0.2, 0) is 12.8 Å². The fourth-order valence-electron chi connectivity index (χ4n) is 3.20. The monoisotopic (exact) mass is 344 g/mol. The highest BCUT2D eigenvalue weighted by Gasteiger charge is 2.20. The Morgan fingerprint density at radius 1 is 1.04 bits per heavy atom. The van der Waals surface area contributed by atoms with Gasteiger partial charge in [0.05, 0.1) is 7.11 Å². The number of aliphatic hydroxyl groups is 1. The molecular weight excluding hydrogens is 320 g/mol. The van der Waals surface area contributed by atoms with Crippen LogP contribution in [0.15, 0.2) is 36.4 Å². The van der Waals surface area contributed by atoms with Crippen LogP contribution in [-0.4, -0.2) is 30.7 Å². The Morgan fingerprint density at radius 3 is 2.52 bits per heavy atom. The first-order valence-electron chi connectivity index (χ1n) is 8.46. The lowest BCUT2D eigenvalue weighted by Gasteiger charge is -2.22. The average molecular weight is 344 g/mol. The van der Waals surface area contributed by atoms with Crippen molar-refractivity contribution < 1.29 is 24.4 Å². The number of phenolic OH excluding ortho intramolecular Hbond substituents is 1. The zero-order valence-electron chi connectivity index (χ0n) is 14.6. The fourth-order valence-corrected chi connectivity index (χ4v) is 3.20. The van der Waals surface area contributed by atoms with Gasteiger partial charge in [0.25, 0.3) is 0 Å². The van der Waals surface area contributed by atoms with Crippen LogP contribution in [0.5, 0.6) is 23.0 Å². The van der Waals surface area contributed by atoms with Gasteiger partial charge < -0.3 is 24.4 Å². The van der Waals surface area contributed by atoms with E-state index < -0.39 is 0 Å². The second-order valence-electron chi connectivity index (χ2n) is 6.52. The molecule has 0 aromatic heterocycles. The summed E-state index contributed by atoms with van der Waals surface area (Å²) in [4.78, 5) is 0. The van der Waals surface area contributed by atoms with Crippen molar-refractivity contribution in [2.45, 2.75) is 19.8 Å². The second kappa shape index (κ2) is 7.66. The van der Waals surface area contributed by atoms with Crippen LogP contribution in [0.3, 0.4) is 0 Å². The number of aromatic hydroxyl groups is 1. The van der Waals surface area contributed by atoms with Gasteiger partial charge in [0, 0.05) is 6.61 Å². The summed E-state index contributed by atoms with van der Waals surface area (Å²) in [6.07, 6.45) is 1.57. The molecule has 5 heteroatoms. The van der Waals surface area contributed by atoms with Gasteiger partial charge in [-0.15, -0.1) is 0 Å². The molecular formula is C20H24O5. The van der Waals surface area contributed by atoms with E-state index in [1.807, 2.05) is 30.3 Å². The Balaban J connectivity index is 1.68. The molecule has 2 aromatic carbocycles. The van der Waals surface area contributed by atoms with Crippen molar-refractivity contribution in [2.75, 3.05) is 20.5 Å². The van der Waals surface area contributed by atoms with E-state index in [0.29, 0.717) is 5.75 Å². The zero-order valence-corrected chi connectivity index (χ0v) is 14.6. The van der Waals surface area contributed by atoms with Crippen molar-refractivity contribution in [3.8, 4) is 23.0 Å². The van der Waals surface area contributed by atoms with Gasteiger partial charge in [0.2, 0.25) is 6.79 Å². The van der Waals surface area contributed by atoms with Crippen molar-refractivity contribution in [1.29, 1.82) is 0 Å². The molecule has 0 amide bonds. The number of benzene rings is 2. The quantitative estimate of drug-likeness (QED) is 0.807. The summed E-state index contributed by atoms with van der Waals surface area (Å²) in [7, 11) is 1.54. The summed E-state index contributed by atoms with van der Waals surface area (Å²) in [5, 5.41) is 19.6. The van der Waals surface area contributed by atoms with E-state index in [2.05, 4.69) is 6.92 Å².